The quantitative estimate of drug-likeness (QED) is 0.479. The number of nitrogens with zero attached hydrogens (tertiary/aromatic N) is 4. The fourth-order valence-corrected chi connectivity index (χ4v) is 8.24. The highest BCUT2D eigenvalue weighted by Gasteiger charge is 2.78. The predicted octanol–water partition coefficient (Wildman–Crippen LogP) is 4.03. The average molecular weight is 525 g/mol. The molecule has 0 aliphatic carbocycles. The number of hydrogen-bond acceptors (Lipinski definition) is 7. The molecule has 0 saturated carbocycles. The van der Waals surface area contributed by atoms with Crippen molar-refractivity contribution in [2.75, 3.05) is 25.5 Å². The normalized spacial score (nSPS) is 28.2. The molecule has 2 saturated heterocycles. The summed E-state index contributed by atoms with van der Waals surface area (Å²) >= 11 is 13.6. The summed E-state index contributed by atoms with van der Waals surface area (Å²) in [4.78, 5) is 38.4. The molecule has 3 aliphatic rings. The number of halogens is 1. The van der Waals surface area contributed by atoms with Crippen LogP contribution in [0.5, 0.6) is 0 Å². The monoisotopic (exact) mass is 524 g/mol. The van der Waals surface area contributed by atoms with Gasteiger partial charge >= 0.3 is 0 Å². The van der Waals surface area contributed by atoms with E-state index in [1.54, 1.807) is 47.6 Å². The minimum atomic E-state index is -1.30. The SMILES string of the molecule is CN1C(=O)[C@@]2(c3cc(Cl)ccc31)N(C)C[C@H](c1cccnc1)[C@@]21SC(=S)N(Cc2ccco2)C1=O. The minimum Gasteiger partial charge on any atom is -0.467 e. The summed E-state index contributed by atoms with van der Waals surface area (Å²) in [5.74, 6) is -0.112. The lowest BCUT2D eigenvalue weighted by Crippen LogP contribution is -2.62. The number of pyridine rings is 1. The Morgan fingerprint density at radius 1 is 1.20 bits per heavy atom. The largest absolute Gasteiger partial charge is 0.467 e. The van der Waals surface area contributed by atoms with Gasteiger partial charge in [0, 0.05) is 48.2 Å². The number of thiocarbonyl (C=S) groups is 1. The van der Waals surface area contributed by atoms with Crippen molar-refractivity contribution in [2.24, 2.45) is 0 Å². The van der Waals surface area contributed by atoms with Crippen molar-refractivity contribution in [3.8, 4) is 0 Å². The van der Waals surface area contributed by atoms with Crippen molar-refractivity contribution < 1.29 is 14.0 Å². The number of benzene rings is 1. The van der Waals surface area contributed by atoms with Crippen LogP contribution in [0.1, 0.15) is 22.8 Å². The van der Waals surface area contributed by atoms with E-state index in [0.717, 1.165) is 16.8 Å². The number of aromatic nitrogens is 1. The number of carbonyl (C=O) groups excluding carboxylic acids is 2. The van der Waals surface area contributed by atoms with Gasteiger partial charge in [-0.3, -0.25) is 24.4 Å². The summed E-state index contributed by atoms with van der Waals surface area (Å²) in [7, 11) is 3.64. The summed E-state index contributed by atoms with van der Waals surface area (Å²) in [5, 5.41) is 0.505. The molecule has 178 valence electrons. The number of likely N-dealkylation sites (N-methyl/N-ethyl adjacent to an activating group) is 2. The van der Waals surface area contributed by atoms with Crippen LogP contribution < -0.4 is 4.90 Å². The van der Waals surface area contributed by atoms with E-state index in [0.29, 0.717) is 21.6 Å². The molecule has 35 heavy (non-hydrogen) atoms. The number of fused-ring (bicyclic) bond motifs is 3. The van der Waals surface area contributed by atoms with Gasteiger partial charge < -0.3 is 9.32 Å². The van der Waals surface area contributed by atoms with Gasteiger partial charge in [-0.1, -0.05) is 41.6 Å². The Balaban J connectivity index is 1.62. The zero-order valence-corrected chi connectivity index (χ0v) is 21.4. The lowest BCUT2D eigenvalue weighted by molar-refractivity contribution is -0.139. The molecule has 0 unspecified atom stereocenters. The number of amides is 2. The third-order valence-corrected chi connectivity index (χ3v) is 9.57. The number of hydrogen-bond donors (Lipinski definition) is 0. The highest BCUT2D eigenvalue weighted by molar-refractivity contribution is 8.25. The molecule has 2 spiro atoms. The standard InChI is InChI=1S/C25H21ClN4O3S2/c1-28-14-19(15-5-3-9-27-12-15)25(22(32)30(23(34)35-25)13-17-6-4-10-33-17)24(28)18-11-16(26)7-8-20(18)29(2)21(24)31/h3-12,19H,13-14H2,1-2H3/t19-,24-,25+/m1/s1. The van der Waals surface area contributed by atoms with Crippen LogP contribution >= 0.6 is 35.6 Å². The van der Waals surface area contributed by atoms with Gasteiger partial charge in [0.25, 0.3) is 5.91 Å². The maximum Gasteiger partial charge on any atom is 0.254 e. The van der Waals surface area contributed by atoms with Crippen LogP contribution in [0, 0.1) is 0 Å². The number of rotatable bonds is 3. The van der Waals surface area contributed by atoms with Gasteiger partial charge in [0.05, 0.1) is 12.8 Å². The zero-order chi connectivity index (χ0) is 24.5. The maximum atomic E-state index is 14.6. The number of thioether (sulfide) groups is 1. The van der Waals surface area contributed by atoms with E-state index >= 15 is 0 Å². The van der Waals surface area contributed by atoms with Crippen molar-refractivity contribution >= 4 is 57.4 Å². The smallest absolute Gasteiger partial charge is 0.254 e. The fourth-order valence-electron chi connectivity index (χ4n) is 5.95. The Kier molecular flexibility index (Phi) is 5.12. The summed E-state index contributed by atoms with van der Waals surface area (Å²) in [6.45, 7) is 0.665. The fraction of sp³-hybridized carbons (Fsp3) is 0.280. The highest BCUT2D eigenvalue weighted by Crippen LogP contribution is 2.66. The van der Waals surface area contributed by atoms with E-state index < -0.39 is 10.3 Å². The maximum absolute atomic E-state index is 14.6. The molecule has 3 aliphatic heterocycles. The Hall–Kier alpha value is -2.72. The number of carbonyl (C=O) groups is 2. The van der Waals surface area contributed by atoms with Crippen molar-refractivity contribution in [3.63, 3.8) is 0 Å². The topological polar surface area (TPSA) is 69.9 Å². The molecule has 2 fully saturated rings. The molecule has 3 atom stereocenters. The van der Waals surface area contributed by atoms with Crippen molar-refractivity contribution in [1.29, 1.82) is 0 Å². The second-order valence-electron chi connectivity index (χ2n) is 9.03. The van der Waals surface area contributed by atoms with E-state index in [1.807, 2.05) is 42.3 Å². The Morgan fingerprint density at radius 3 is 2.74 bits per heavy atom. The second-order valence-corrected chi connectivity index (χ2v) is 11.3. The van der Waals surface area contributed by atoms with Crippen LogP contribution in [0.2, 0.25) is 5.02 Å². The van der Waals surface area contributed by atoms with E-state index in [2.05, 4.69) is 4.98 Å². The molecule has 7 nitrogen and oxygen atoms in total. The molecule has 2 aromatic heterocycles. The van der Waals surface area contributed by atoms with Crippen LogP contribution in [-0.4, -0.2) is 56.3 Å². The van der Waals surface area contributed by atoms with Crippen LogP contribution in [-0.2, 0) is 21.7 Å². The Morgan fingerprint density at radius 2 is 2.03 bits per heavy atom. The minimum absolute atomic E-state index is 0.174. The molecule has 10 heteroatoms. The van der Waals surface area contributed by atoms with E-state index in [9.17, 15) is 9.59 Å². The summed E-state index contributed by atoms with van der Waals surface area (Å²) in [6.07, 6.45) is 5.04. The number of likely N-dealkylation sites (tertiary alicyclic amines) is 1. The first-order valence-electron chi connectivity index (χ1n) is 11.1. The molecule has 3 aromatic rings. The molecular weight excluding hydrogens is 504 g/mol. The molecular formula is C25H21ClN4O3S2. The van der Waals surface area contributed by atoms with Gasteiger partial charge in [0.1, 0.15) is 14.8 Å². The van der Waals surface area contributed by atoms with Gasteiger partial charge in [-0.05, 0) is 49.0 Å². The number of anilines is 1. The first kappa shape index (κ1) is 22.7. The van der Waals surface area contributed by atoms with Gasteiger partial charge in [-0.25, -0.2) is 0 Å². The first-order valence-corrected chi connectivity index (χ1v) is 12.7. The molecule has 6 rings (SSSR count). The van der Waals surface area contributed by atoms with Gasteiger partial charge in [-0.2, -0.15) is 0 Å². The molecule has 2 amide bonds. The van der Waals surface area contributed by atoms with Gasteiger partial charge in [0.15, 0.2) is 5.54 Å². The third-order valence-electron chi connectivity index (χ3n) is 7.39. The van der Waals surface area contributed by atoms with E-state index in [-0.39, 0.29) is 24.3 Å². The van der Waals surface area contributed by atoms with Crippen LogP contribution in [0.3, 0.4) is 0 Å². The van der Waals surface area contributed by atoms with Crippen molar-refractivity contribution in [1.82, 2.24) is 14.8 Å². The summed E-state index contributed by atoms with van der Waals surface area (Å²) in [5.41, 5.74) is 1.04. The zero-order valence-electron chi connectivity index (χ0n) is 19.0. The number of furan rings is 1. The molecule has 5 heterocycles. The first-order chi connectivity index (χ1) is 16.8. The molecule has 0 N–H and O–H groups in total. The predicted molar refractivity (Wildman–Crippen MR) is 138 cm³/mol. The Bertz CT molecular complexity index is 1370. The summed E-state index contributed by atoms with van der Waals surface area (Å²) < 4.78 is 4.69. The lowest BCUT2D eigenvalue weighted by Gasteiger charge is -2.42. The van der Waals surface area contributed by atoms with E-state index in [1.165, 1.54) is 11.8 Å². The van der Waals surface area contributed by atoms with Crippen LogP contribution in [0.25, 0.3) is 0 Å². The van der Waals surface area contributed by atoms with Gasteiger partial charge in [0.2, 0.25) is 5.91 Å². The molecule has 0 radical (unpaired) electrons. The summed E-state index contributed by atoms with van der Waals surface area (Å²) in [6, 6.07) is 12.8. The third kappa shape index (κ3) is 2.83. The van der Waals surface area contributed by atoms with Gasteiger partial charge in [-0.15, -0.1) is 0 Å². The molecule has 0 bridgehead atoms. The molecule has 1 aromatic carbocycles. The van der Waals surface area contributed by atoms with Crippen LogP contribution in [0.4, 0.5) is 5.69 Å². The Labute approximate surface area is 217 Å². The second kappa shape index (κ2) is 7.89. The average Bonchev–Trinajstić information content (AvgIpc) is 3.57. The van der Waals surface area contributed by atoms with Crippen LogP contribution in [0.15, 0.2) is 65.5 Å². The highest BCUT2D eigenvalue weighted by atomic mass is 35.5. The van der Waals surface area contributed by atoms with Crippen molar-refractivity contribution in [2.45, 2.75) is 22.7 Å². The van der Waals surface area contributed by atoms with E-state index in [4.69, 9.17) is 28.2 Å². The lowest BCUT2D eigenvalue weighted by atomic mass is 9.72. The van der Waals surface area contributed by atoms with Crippen molar-refractivity contribution in [3.05, 3.63) is 83.0 Å².